The predicted octanol–water partition coefficient (Wildman–Crippen LogP) is 4.89. The van der Waals surface area contributed by atoms with E-state index in [1.54, 1.807) is 5.56 Å². The predicted molar refractivity (Wildman–Crippen MR) is 83.6 cm³/mol. The lowest BCUT2D eigenvalue weighted by Crippen LogP contribution is -2.56. The Balaban J connectivity index is 1.63. The summed E-state index contributed by atoms with van der Waals surface area (Å²) < 4.78 is 6.68. The van der Waals surface area contributed by atoms with Crippen LogP contribution in [-0.4, -0.2) is 5.60 Å². The lowest BCUT2D eigenvalue weighted by molar-refractivity contribution is -0.109. The van der Waals surface area contributed by atoms with Crippen LogP contribution in [-0.2, 0) is 0 Å². The molecule has 4 fully saturated rings. The van der Waals surface area contributed by atoms with Gasteiger partial charge in [-0.2, -0.15) is 0 Å². The third kappa shape index (κ3) is 1.25. The topological polar surface area (TPSA) is 9.23 Å². The summed E-state index contributed by atoms with van der Waals surface area (Å²) in [5.74, 6) is 4.64. The summed E-state index contributed by atoms with van der Waals surface area (Å²) in [6.07, 6.45) is 7.01. The van der Waals surface area contributed by atoms with E-state index in [9.17, 15) is 0 Å². The van der Waals surface area contributed by atoms with Crippen LogP contribution in [0.4, 0.5) is 0 Å². The molecule has 4 aliphatic carbocycles. The van der Waals surface area contributed by atoms with Gasteiger partial charge in [0.2, 0.25) is 0 Å². The zero-order valence-electron chi connectivity index (χ0n) is 12.2. The van der Waals surface area contributed by atoms with E-state index in [0.717, 1.165) is 17.8 Å². The van der Waals surface area contributed by atoms with E-state index >= 15 is 0 Å². The Morgan fingerprint density at radius 1 is 0.905 bits per heavy atom. The average molecular weight is 276 g/mol. The van der Waals surface area contributed by atoms with Crippen molar-refractivity contribution in [1.29, 1.82) is 0 Å². The van der Waals surface area contributed by atoms with Crippen molar-refractivity contribution in [2.24, 2.45) is 17.8 Å². The van der Waals surface area contributed by atoms with E-state index in [2.05, 4.69) is 36.4 Å². The van der Waals surface area contributed by atoms with Gasteiger partial charge in [-0.25, -0.2) is 0 Å². The van der Waals surface area contributed by atoms with Gasteiger partial charge in [0.15, 0.2) is 0 Å². The fourth-order valence-electron chi connectivity index (χ4n) is 6.52. The van der Waals surface area contributed by atoms with Gasteiger partial charge in [-0.1, -0.05) is 30.3 Å². The molecule has 2 aromatic carbocycles. The normalized spacial score (nSPS) is 41.9. The highest BCUT2D eigenvalue weighted by Crippen LogP contribution is 2.67. The largest absolute Gasteiger partial charge is 0.486 e. The first-order chi connectivity index (χ1) is 10.3. The van der Waals surface area contributed by atoms with Crippen molar-refractivity contribution in [1.82, 2.24) is 0 Å². The van der Waals surface area contributed by atoms with E-state index in [1.807, 2.05) is 0 Å². The Morgan fingerprint density at radius 2 is 1.71 bits per heavy atom. The molecule has 4 saturated carbocycles. The molecule has 106 valence electrons. The fourth-order valence-corrected chi connectivity index (χ4v) is 6.52. The van der Waals surface area contributed by atoms with E-state index in [1.165, 1.54) is 48.6 Å². The van der Waals surface area contributed by atoms with Crippen LogP contribution in [0.25, 0.3) is 10.8 Å². The molecular weight excluding hydrogens is 256 g/mol. The Labute approximate surface area is 125 Å². The molecule has 1 heteroatoms. The number of hydrogen-bond donors (Lipinski definition) is 0. The van der Waals surface area contributed by atoms with Crippen LogP contribution in [0, 0.1) is 17.8 Å². The molecule has 21 heavy (non-hydrogen) atoms. The van der Waals surface area contributed by atoms with Crippen molar-refractivity contribution < 1.29 is 4.74 Å². The molecule has 3 unspecified atom stereocenters. The third-order valence-electron chi connectivity index (χ3n) is 6.80. The summed E-state index contributed by atoms with van der Waals surface area (Å²) in [4.78, 5) is 0. The molecule has 0 saturated heterocycles. The van der Waals surface area contributed by atoms with Crippen molar-refractivity contribution in [3.8, 4) is 5.75 Å². The van der Waals surface area contributed by atoms with Gasteiger partial charge in [-0.15, -0.1) is 0 Å². The maximum absolute atomic E-state index is 6.68. The first-order valence-electron chi connectivity index (χ1n) is 8.53. The van der Waals surface area contributed by atoms with Gasteiger partial charge in [0, 0.05) is 11.5 Å². The minimum Gasteiger partial charge on any atom is -0.486 e. The summed E-state index contributed by atoms with van der Waals surface area (Å²) in [6, 6.07) is 13.4. The average Bonchev–Trinajstić information content (AvgIpc) is 2.80. The summed E-state index contributed by atoms with van der Waals surface area (Å²) in [6.45, 7) is 0. The molecule has 5 atom stereocenters. The Hall–Kier alpha value is -1.50. The lowest BCUT2D eigenvalue weighted by Gasteiger charge is -2.57. The zero-order chi connectivity index (χ0) is 13.6. The van der Waals surface area contributed by atoms with Crippen LogP contribution in [0.1, 0.15) is 43.6 Å². The number of fused-ring (bicyclic) bond motifs is 3. The highest BCUT2D eigenvalue weighted by molar-refractivity contribution is 5.89. The van der Waals surface area contributed by atoms with Gasteiger partial charge >= 0.3 is 0 Å². The molecule has 0 amide bonds. The Bertz CT molecular complexity index is 748. The Kier molecular flexibility index (Phi) is 1.83. The van der Waals surface area contributed by atoms with E-state index in [0.29, 0.717) is 5.92 Å². The van der Waals surface area contributed by atoms with Crippen LogP contribution >= 0.6 is 0 Å². The molecule has 7 rings (SSSR count). The molecule has 5 aliphatic rings. The highest BCUT2D eigenvalue weighted by atomic mass is 16.5. The smallest absolute Gasteiger partial charge is 0.124 e. The summed E-state index contributed by atoms with van der Waals surface area (Å²) in [5.41, 5.74) is 1.72. The first-order valence-corrected chi connectivity index (χ1v) is 8.53. The molecule has 1 spiro atoms. The maximum atomic E-state index is 6.68. The molecule has 0 radical (unpaired) electrons. The second-order valence-corrected chi connectivity index (χ2v) is 7.95. The zero-order valence-corrected chi connectivity index (χ0v) is 12.2. The number of benzene rings is 2. The van der Waals surface area contributed by atoms with E-state index in [4.69, 9.17) is 4.74 Å². The van der Waals surface area contributed by atoms with Gasteiger partial charge < -0.3 is 4.74 Å². The third-order valence-corrected chi connectivity index (χ3v) is 6.80. The van der Waals surface area contributed by atoms with Gasteiger partial charge in [0.25, 0.3) is 0 Å². The minimum atomic E-state index is 0.168. The number of rotatable bonds is 0. The summed E-state index contributed by atoms with van der Waals surface area (Å²) in [7, 11) is 0. The van der Waals surface area contributed by atoms with Crippen LogP contribution in [0.3, 0.4) is 0 Å². The van der Waals surface area contributed by atoms with Crippen LogP contribution in [0.15, 0.2) is 36.4 Å². The fraction of sp³-hybridized carbons (Fsp3) is 0.500. The van der Waals surface area contributed by atoms with Gasteiger partial charge in [-0.05, 0) is 66.7 Å². The van der Waals surface area contributed by atoms with Crippen molar-refractivity contribution in [3.63, 3.8) is 0 Å². The maximum Gasteiger partial charge on any atom is 0.124 e. The monoisotopic (exact) mass is 276 g/mol. The molecule has 1 nitrogen and oxygen atoms in total. The van der Waals surface area contributed by atoms with Gasteiger partial charge in [0.1, 0.15) is 11.4 Å². The van der Waals surface area contributed by atoms with Crippen LogP contribution < -0.4 is 4.74 Å². The van der Waals surface area contributed by atoms with E-state index < -0.39 is 0 Å². The van der Waals surface area contributed by atoms with Crippen LogP contribution in [0.5, 0.6) is 5.75 Å². The quantitative estimate of drug-likeness (QED) is 0.665. The van der Waals surface area contributed by atoms with Gasteiger partial charge in [0.05, 0.1) is 0 Å². The van der Waals surface area contributed by atoms with Crippen molar-refractivity contribution in [3.05, 3.63) is 42.0 Å². The van der Waals surface area contributed by atoms with Crippen molar-refractivity contribution in [2.75, 3.05) is 0 Å². The molecule has 4 bridgehead atoms. The molecule has 1 heterocycles. The highest BCUT2D eigenvalue weighted by Gasteiger charge is 2.62. The molecule has 0 N–H and O–H groups in total. The number of hydrogen-bond acceptors (Lipinski definition) is 1. The van der Waals surface area contributed by atoms with E-state index in [-0.39, 0.29) is 5.60 Å². The second-order valence-electron chi connectivity index (χ2n) is 7.95. The SMILES string of the molecule is c1ccc2c3c(ccc2c1)OC12C[C@@H]4CC(C[C@@H](C4)C1)C32. The molecule has 0 aromatic heterocycles. The minimum absolute atomic E-state index is 0.168. The number of ether oxygens (including phenoxy) is 1. The van der Waals surface area contributed by atoms with Gasteiger partial charge in [-0.3, -0.25) is 0 Å². The van der Waals surface area contributed by atoms with Crippen LogP contribution in [0.2, 0.25) is 0 Å². The van der Waals surface area contributed by atoms with Crippen molar-refractivity contribution >= 4 is 10.8 Å². The second kappa shape index (κ2) is 3.45. The summed E-state index contributed by atoms with van der Waals surface area (Å²) >= 11 is 0. The lowest BCUT2D eigenvalue weighted by atomic mass is 9.49. The first kappa shape index (κ1) is 11.1. The molecule has 1 aliphatic heterocycles. The summed E-state index contributed by atoms with van der Waals surface area (Å²) in [5, 5.41) is 2.83. The molecular formula is C20H20O. The Morgan fingerprint density at radius 3 is 2.57 bits per heavy atom. The van der Waals surface area contributed by atoms with Crippen molar-refractivity contribution in [2.45, 2.75) is 43.6 Å². The molecule has 2 aromatic rings. The standard InChI is InChI=1S/C20H20O/c1-2-4-16-14(3-1)5-6-17-18(16)19-15-8-12-7-13(9-15)11-20(19,10-12)21-17/h1-6,12-13,15,19H,7-11H2/t12-,13+,15?,19?,20?.